The summed E-state index contributed by atoms with van der Waals surface area (Å²) in [6, 6.07) is 8.12. The average Bonchev–Trinajstić information content (AvgIpc) is 3.10. The third kappa shape index (κ3) is 2.76. The molecular weight excluding hydrogens is 336 g/mol. The Hall–Kier alpha value is -1.66. The van der Waals surface area contributed by atoms with Crippen LogP contribution in [0, 0.1) is 0 Å². The molecule has 1 atom stereocenters. The zero-order chi connectivity index (χ0) is 13.9. The van der Waals surface area contributed by atoms with Gasteiger partial charge in [0.15, 0.2) is 0 Å². The zero-order valence-corrected chi connectivity index (χ0v) is 13.2. The number of hydrogen-bond donors (Lipinski definition) is 1. The molecule has 1 N–H and O–H groups in total. The lowest BCUT2D eigenvalue weighted by Crippen LogP contribution is -2.15. The Labute approximate surface area is 129 Å². The van der Waals surface area contributed by atoms with E-state index in [9.17, 15) is 0 Å². The first kappa shape index (κ1) is 13.3. The highest BCUT2D eigenvalue weighted by molar-refractivity contribution is 9.10. The van der Waals surface area contributed by atoms with Crippen LogP contribution >= 0.6 is 27.3 Å². The molecule has 1 unspecified atom stereocenters. The van der Waals surface area contributed by atoms with Crippen molar-refractivity contribution in [2.45, 2.75) is 6.04 Å². The van der Waals surface area contributed by atoms with Gasteiger partial charge in [0, 0.05) is 24.3 Å². The Bertz CT molecular complexity index is 676. The Morgan fingerprint density at radius 2 is 2.20 bits per heavy atom. The second-order valence-electron chi connectivity index (χ2n) is 4.36. The monoisotopic (exact) mass is 348 g/mol. The summed E-state index contributed by atoms with van der Waals surface area (Å²) in [5.74, 6) is 0.982. The lowest BCUT2D eigenvalue weighted by atomic mass is 10.2. The summed E-state index contributed by atoms with van der Waals surface area (Å²) in [5, 5.41) is 5.57. The molecule has 102 valence electrons. The first-order valence-corrected chi connectivity index (χ1v) is 7.80. The molecule has 3 rings (SSSR count). The molecule has 6 heteroatoms. The van der Waals surface area contributed by atoms with Crippen LogP contribution in [-0.2, 0) is 7.05 Å². The van der Waals surface area contributed by atoms with E-state index in [4.69, 9.17) is 0 Å². The molecule has 0 fully saturated rings. The van der Waals surface area contributed by atoms with Crippen molar-refractivity contribution < 1.29 is 0 Å². The van der Waals surface area contributed by atoms with Crippen LogP contribution in [0.5, 0.6) is 0 Å². The predicted octanol–water partition coefficient (Wildman–Crippen LogP) is 3.84. The number of pyridine rings is 1. The van der Waals surface area contributed by atoms with Gasteiger partial charge in [0.25, 0.3) is 0 Å². The highest BCUT2D eigenvalue weighted by Crippen LogP contribution is 2.28. The summed E-state index contributed by atoms with van der Waals surface area (Å²) in [6.07, 6.45) is 5.59. The molecule has 20 heavy (non-hydrogen) atoms. The fourth-order valence-corrected chi connectivity index (χ4v) is 3.01. The molecule has 3 heterocycles. The van der Waals surface area contributed by atoms with E-state index >= 15 is 0 Å². The molecule has 0 bridgehead atoms. The minimum atomic E-state index is 0.0259. The largest absolute Gasteiger partial charge is 0.370 e. The average molecular weight is 349 g/mol. The molecule has 0 amide bonds. The molecule has 0 radical (unpaired) electrons. The summed E-state index contributed by atoms with van der Waals surface area (Å²) < 4.78 is 2.86. The van der Waals surface area contributed by atoms with Gasteiger partial charge in [0.2, 0.25) is 0 Å². The van der Waals surface area contributed by atoms with Gasteiger partial charge < -0.3 is 9.88 Å². The molecule has 0 aromatic carbocycles. The zero-order valence-electron chi connectivity index (χ0n) is 10.8. The number of aryl methyl sites for hydroxylation is 1. The molecule has 3 aromatic heterocycles. The maximum absolute atomic E-state index is 4.46. The van der Waals surface area contributed by atoms with Crippen LogP contribution in [0.15, 0.2) is 52.8 Å². The van der Waals surface area contributed by atoms with E-state index in [2.05, 4.69) is 48.7 Å². The summed E-state index contributed by atoms with van der Waals surface area (Å²) in [5.41, 5.74) is 0.967. The molecule has 0 saturated carbocycles. The maximum atomic E-state index is 4.46. The van der Waals surface area contributed by atoms with Crippen molar-refractivity contribution in [3.05, 3.63) is 63.5 Å². The molecule has 0 aliphatic heterocycles. The molecular formula is C14H13BrN4S. The number of aromatic nitrogens is 3. The minimum absolute atomic E-state index is 0.0259. The second kappa shape index (κ2) is 5.76. The first-order chi connectivity index (χ1) is 9.74. The predicted molar refractivity (Wildman–Crippen MR) is 84.9 cm³/mol. The minimum Gasteiger partial charge on any atom is -0.370 e. The number of nitrogens with one attached hydrogen (secondary N) is 1. The summed E-state index contributed by atoms with van der Waals surface area (Å²) in [4.78, 5) is 9.94. The van der Waals surface area contributed by atoms with Gasteiger partial charge in [-0.3, -0.25) is 0 Å². The number of nitrogens with zero attached hydrogens (tertiary/aromatic N) is 3. The molecule has 3 aromatic rings. The number of halogens is 1. The van der Waals surface area contributed by atoms with E-state index in [-0.39, 0.29) is 6.04 Å². The summed E-state index contributed by atoms with van der Waals surface area (Å²) in [6.45, 7) is 0. The maximum Gasteiger partial charge on any atom is 0.136 e. The lowest BCUT2D eigenvalue weighted by molar-refractivity contribution is 0.756. The van der Waals surface area contributed by atoms with Crippen LogP contribution in [0.2, 0.25) is 0 Å². The number of thiophene rings is 1. The van der Waals surface area contributed by atoms with Crippen molar-refractivity contribution in [2.24, 2.45) is 7.05 Å². The molecule has 0 aliphatic rings. The summed E-state index contributed by atoms with van der Waals surface area (Å²) in [7, 11) is 2.00. The Balaban J connectivity index is 1.94. The van der Waals surface area contributed by atoms with Crippen molar-refractivity contribution in [1.29, 1.82) is 0 Å². The van der Waals surface area contributed by atoms with Crippen LogP contribution < -0.4 is 5.32 Å². The molecule has 0 aliphatic carbocycles. The van der Waals surface area contributed by atoms with E-state index < -0.39 is 0 Å². The fraction of sp³-hybridized carbons (Fsp3) is 0.143. The van der Waals surface area contributed by atoms with Gasteiger partial charge in [-0.2, -0.15) is 0 Å². The van der Waals surface area contributed by atoms with Crippen molar-refractivity contribution in [3.63, 3.8) is 0 Å². The van der Waals surface area contributed by atoms with Crippen LogP contribution in [0.1, 0.15) is 16.7 Å². The molecule has 0 spiro atoms. The Kier molecular flexibility index (Phi) is 3.84. The van der Waals surface area contributed by atoms with Crippen molar-refractivity contribution in [2.75, 3.05) is 5.32 Å². The SMILES string of the molecule is Cn1ccnc1C(Nc1ccc(Br)nc1)c1cccs1. The van der Waals surface area contributed by atoms with Crippen LogP contribution in [-0.4, -0.2) is 14.5 Å². The number of rotatable bonds is 4. The van der Waals surface area contributed by atoms with E-state index in [0.29, 0.717) is 0 Å². The van der Waals surface area contributed by atoms with Crippen LogP contribution in [0.4, 0.5) is 5.69 Å². The number of hydrogen-bond acceptors (Lipinski definition) is 4. The van der Waals surface area contributed by atoms with E-state index in [0.717, 1.165) is 16.1 Å². The smallest absolute Gasteiger partial charge is 0.136 e. The number of imidazole rings is 1. The standard InChI is InChI=1S/C14H13BrN4S/c1-19-7-6-16-14(19)13(11-3-2-8-20-11)18-10-4-5-12(15)17-9-10/h2-9,13,18H,1H3. The van der Waals surface area contributed by atoms with E-state index in [1.165, 1.54) is 4.88 Å². The van der Waals surface area contributed by atoms with Crippen LogP contribution in [0.25, 0.3) is 0 Å². The fourth-order valence-electron chi connectivity index (χ4n) is 2.00. The van der Waals surface area contributed by atoms with Gasteiger partial charge in [-0.25, -0.2) is 9.97 Å². The third-order valence-electron chi connectivity index (χ3n) is 2.98. The normalized spacial score (nSPS) is 12.3. The third-order valence-corrected chi connectivity index (χ3v) is 4.39. The lowest BCUT2D eigenvalue weighted by Gasteiger charge is -2.18. The van der Waals surface area contributed by atoms with Crippen molar-refractivity contribution in [1.82, 2.24) is 14.5 Å². The van der Waals surface area contributed by atoms with Gasteiger partial charge in [-0.1, -0.05) is 6.07 Å². The number of anilines is 1. The first-order valence-electron chi connectivity index (χ1n) is 6.13. The molecule has 0 saturated heterocycles. The van der Waals surface area contributed by atoms with Gasteiger partial charge in [0.05, 0.1) is 11.9 Å². The van der Waals surface area contributed by atoms with Gasteiger partial charge >= 0.3 is 0 Å². The van der Waals surface area contributed by atoms with Crippen LogP contribution in [0.3, 0.4) is 0 Å². The van der Waals surface area contributed by atoms with Crippen molar-refractivity contribution in [3.8, 4) is 0 Å². The Morgan fingerprint density at radius 3 is 2.80 bits per heavy atom. The second-order valence-corrected chi connectivity index (χ2v) is 6.15. The quantitative estimate of drug-likeness (QED) is 0.728. The van der Waals surface area contributed by atoms with Gasteiger partial charge in [-0.05, 0) is 39.5 Å². The van der Waals surface area contributed by atoms with E-state index in [1.54, 1.807) is 11.3 Å². The van der Waals surface area contributed by atoms with Crippen molar-refractivity contribution >= 4 is 33.0 Å². The van der Waals surface area contributed by atoms with Gasteiger partial charge in [-0.15, -0.1) is 11.3 Å². The summed E-state index contributed by atoms with van der Waals surface area (Å²) >= 11 is 5.06. The highest BCUT2D eigenvalue weighted by atomic mass is 79.9. The van der Waals surface area contributed by atoms with E-state index in [1.807, 2.05) is 42.3 Å². The van der Waals surface area contributed by atoms with Gasteiger partial charge in [0.1, 0.15) is 16.5 Å². The highest BCUT2D eigenvalue weighted by Gasteiger charge is 2.19. The topological polar surface area (TPSA) is 42.7 Å². The molecule has 4 nitrogen and oxygen atoms in total. The Morgan fingerprint density at radius 1 is 1.30 bits per heavy atom.